The van der Waals surface area contributed by atoms with Gasteiger partial charge in [-0.1, -0.05) is 13.3 Å². The molecular formula is C10H17O7-. The number of rotatable bonds is 5. The van der Waals surface area contributed by atoms with Crippen molar-refractivity contribution in [2.75, 3.05) is 6.61 Å². The maximum Gasteiger partial charge on any atom is 0.186 e. The Hall–Kier alpha value is -0.730. The normalized spacial score (nSPS) is 38.0. The van der Waals surface area contributed by atoms with Crippen molar-refractivity contribution in [1.82, 2.24) is 0 Å². The molecule has 1 aliphatic rings. The van der Waals surface area contributed by atoms with Crippen molar-refractivity contribution in [3.05, 3.63) is 0 Å². The minimum atomic E-state index is -1.74. The highest BCUT2D eigenvalue weighted by Gasteiger charge is 2.44. The number of carbonyl (C=O) groups is 1. The van der Waals surface area contributed by atoms with Crippen LogP contribution in [0.5, 0.6) is 0 Å². The van der Waals surface area contributed by atoms with Gasteiger partial charge < -0.3 is 34.7 Å². The van der Waals surface area contributed by atoms with E-state index in [9.17, 15) is 25.2 Å². The van der Waals surface area contributed by atoms with E-state index in [-0.39, 0.29) is 6.61 Å². The van der Waals surface area contributed by atoms with Gasteiger partial charge in [0.05, 0.1) is 5.97 Å². The summed E-state index contributed by atoms with van der Waals surface area (Å²) in [6.07, 6.45) is -6.28. The summed E-state index contributed by atoms with van der Waals surface area (Å²) in [5, 5.41) is 39.0. The van der Waals surface area contributed by atoms with Gasteiger partial charge in [0.25, 0.3) is 0 Å². The zero-order chi connectivity index (χ0) is 13.0. The van der Waals surface area contributed by atoms with E-state index in [4.69, 9.17) is 9.47 Å². The third kappa shape index (κ3) is 3.36. The van der Waals surface area contributed by atoms with Crippen LogP contribution in [0.3, 0.4) is 0 Å². The van der Waals surface area contributed by atoms with Crippen LogP contribution in [0, 0.1) is 0 Å². The molecule has 0 spiro atoms. The predicted octanol–water partition coefficient (Wildman–Crippen LogP) is -2.64. The summed E-state index contributed by atoms with van der Waals surface area (Å²) in [6.45, 7) is 2.20. The molecule has 0 aromatic rings. The van der Waals surface area contributed by atoms with Gasteiger partial charge in [-0.3, -0.25) is 0 Å². The van der Waals surface area contributed by atoms with E-state index in [1.54, 1.807) is 0 Å². The van der Waals surface area contributed by atoms with Crippen LogP contribution >= 0.6 is 0 Å². The van der Waals surface area contributed by atoms with Gasteiger partial charge in [0.2, 0.25) is 0 Å². The first-order chi connectivity index (χ1) is 7.99. The molecule has 1 unspecified atom stereocenters. The van der Waals surface area contributed by atoms with Crippen molar-refractivity contribution in [3.63, 3.8) is 0 Å². The number of carboxylic acids is 1. The molecule has 0 radical (unpaired) electrons. The highest BCUT2D eigenvalue weighted by Crippen LogP contribution is 2.22. The van der Waals surface area contributed by atoms with E-state index in [2.05, 4.69) is 0 Å². The first-order valence-electron chi connectivity index (χ1n) is 5.51. The van der Waals surface area contributed by atoms with Crippen LogP contribution in [-0.4, -0.2) is 58.6 Å². The molecule has 1 aliphatic heterocycles. The molecule has 0 aliphatic carbocycles. The molecule has 0 aromatic carbocycles. The average Bonchev–Trinajstić information content (AvgIpc) is 2.29. The third-order valence-electron chi connectivity index (χ3n) is 2.58. The van der Waals surface area contributed by atoms with Gasteiger partial charge >= 0.3 is 0 Å². The molecule has 100 valence electrons. The lowest BCUT2D eigenvalue weighted by Gasteiger charge is -2.40. The number of ether oxygens (including phenoxy) is 2. The van der Waals surface area contributed by atoms with Crippen LogP contribution in [0.15, 0.2) is 0 Å². The molecule has 1 rings (SSSR count). The van der Waals surface area contributed by atoms with Crippen molar-refractivity contribution < 1.29 is 34.7 Å². The van der Waals surface area contributed by atoms with E-state index in [0.29, 0.717) is 6.42 Å². The summed E-state index contributed by atoms with van der Waals surface area (Å²) in [5.74, 6) is -1.66. The van der Waals surface area contributed by atoms with Gasteiger partial charge in [0.1, 0.15) is 24.4 Å². The molecule has 1 heterocycles. The number of aliphatic carboxylic acids is 1. The Labute approximate surface area is 98.6 Å². The van der Waals surface area contributed by atoms with Crippen molar-refractivity contribution in [2.24, 2.45) is 0 Å². The fourth-order valence-corrected chi connectivity index (χ4v) is 1.52. The van der Waals surface area contributed by atoms with Gasteiger partial charge in [-0.15, -0.1) is 0 Å². The Morgan fingerprint density at radius 1 is 1.29 bits per heavy atom. The van der Waals surface area contributed by atoms with Crippen molar-refractivity contribution in [1.29, 1.82) is 0 Å². The van der Waals surface area contributed by atoms with Crippen LogP contribution in [0.1, 0.15) is 19.8 Å². The largest absolute Gasteiger partial charge is 0.547 e. The summed E-state index contributed by atoms with van der Waals surface area (Å²) >= 11 is 0. The van der Waals surface area contributed by atoms with Gasteiger partial charge in [-0.2, -0.15) is 0 Å². The number of unbranched alkanes of at least 4 members (excludes halogenated alkanes) is 1. The van der Waals surface area contributed by atoms with E-state index in [1.165, 1.54) is 0 Å². The van der Waals surface area contributed by atoms with Gasteiger partial charge in [-0.05, 0) is 6.42 Å². The Balaban J connectivity index is 2.61. The Morgan fingerprint density at radius 3 is 2.47 bits per heavy atom. The molecule has 0 amide bonds. The average molecular weight is 249 g/mol. The standard InChI is InChI=1S/C10H18O7/c1-2-3-4-16-10-7(13)5(11)6(12)8(17-10)9(14)15/h5-8,10-13H,2-4H2,1H3,(H,14,15)/p-1/t5-,6-,7+,8?,10-/m0/s1. The van der Waals surface area contributed by atoms with Crippen molar-refractivity contribution in [3.8, 4) is 0 Å². The number of aliphatic hydroxyl groups excluding tert-OH is 3. The Kier molecular flexibility index (Phi) is 5.29. The van der Waals surface area contributed by atoms with Crippen LogP contribution in [-0.2, 0) is 14.3 Å². The molecule has 17 heavy (non-hydrogen) atoms. The number of hydrogen-bond donors (Lipinski definition) is 3. The minimum Gasteiger partial charge on any atom is -0.547 e. The molecule has 1 fully saturated rings. The molecule has 0 bridgehead atoms. The number of carbonyl (C=O) groups excluding carboxylic acids is 1. The van der Waals surface area contributed by atoms with E-state index in [0.717, 1.165) is 6.42 Å². The first-order valence-corrected chi connectivity index (χ1v) is 5.51. The smallest absolute Gasteiger partial charge is 0.186 e. The molecule has 7 heteroatoms. The quantitative estimate of drug-likeness (QED) is 0.455. The van der Waals surface area contributed by atoms with Gasteiger partial charge in [-0.25, -0.2) is 0 Å². The third-order valence-corrected chi connectivity index (χ3v) is 2.58. The molecular weight excluding hydrogens is 232 g/mol. The molecule has 0 saturated carbocycles. The Bertz CT molecular complexity index is 257. The molecule has 0 aromatic heterocycles. The second kappa shape index (κ2) is 6.27. The fourth-order valence-electron chi connectivity index (χ4n) is 1.52. The van der Waals surface area contributed by atoms with Gasteiger partial charge in [0.15, 0.2) is 6.29 Å². The molecule has 5 atom stereocenters. The molecule has 7 nitrogen and oxygen atoms in total. The van der Waals surface area contributed by atoms with Crippen LogP contribution in [0.4, 0.5) is 0 Å². The van der Waals surface area contributed by atoms with E-state index >= 15 is 0 Å². The second-order valence-electron chi connectivity index (χ2n) is 3.94. The lowest BCUT2D eigenvalue weighted by Crippen LogP contribution is -2.62. The zero-order valence-electron chi connectivity index (χ0n) is 9.48. The summed E-state index contributed by atoms with van der Waals surface area (Å²) in [7, 11) is 0. The fraction of sp³-hybridized carbons (Fsp3) is 0.900. The van der Waals surface area contributed by atoms with Crippen LogP contribution < -0.4 is 5.11 Å². The number of aliphatic hydroxyl groups is 3. The maximum absolute atomic E-state index is 10.6. The maximum atomic E-state index is 10.6. The molecule has 3 N–H and O–H groups in total. The number of carboxylic acid groups (broad SMARTS) is 1. The second-order valence-corrected chi connectivity index (χ2v) is 3.94. The minimum absolute atomic E-state index is 0.265. The summed E-state index contributed by atoms with van der Waals surface area (Å²) in [6, 6.07) is 0. The number of hydrogen-bond acceptors (Lipinski definition) is 7. The topological polar surface area (TPSA) is 119 Å². The monoisotopic (exact) mass is 249 g/mol. The van der Waals surface area contributed by atoms with Crippen LogP contribution in [0.25, 0.3) is 0 Å². The highest BCUT2D eigenvalue weighted by atomic mass is 16.7. The Morgan fingerprint density at radius 2 is 1.94 bits per heavy atom. The molecule has 1 saturated heterocycles. The van der Waals surface area contributed by atoms with E-state index < -0.39 is 36.7 Å². The summed E-state index contributed by atoms with van der Waals surface area (Å²) in [4.78, 5) is 10.6. The zero-order valence-corrected chi connectivity index (χ0v) is 9.48. The lowest BCUT2D eigenvalue weighted by molar-refractivity contribution is -0.349. The van der Waals surface area contributed by atoms with E-state index in [1.807, 2.05) is 6.92 Å². The van der Waals surface area contributed by atoms with Crippen LogP contribution in [0.2, 0.25) is 0 Å². The lowest BCUT2D eigenvalue weighted by atomic mass is 9.99. The predicted molar refractivity (Wildman–Crippen MR) is 52.5 cm³/mol. The van der Waals surface area contributed by atoms with Crippen molar-refractivity contribution in [2.45, 2.75) is 50.5 Å². The summed E-state index contributed by atoms with van der Waals surface area (Å²) in [5.41, 5.74) is 0. The van der Waals surface area contributed by atoms with Gasteiger partial charge in [0, 0.05) is 6.61 Å². The SMILES string of the molecule is CCCCO[C@H]1OC(C(=O)[O-])[C@@H](O)[C@H](O)[C@H]1O. The summed E-state index contributed by atoms with van der Waals surface area (Å²) < 4.78 is 9.95. The van der Waals surface area contributed by atoms with Crippen molar-refractivity contribution >= 4 is 5.97 Å². The first kappa shape index (κ1) is 14.3. The highest BCUT2D eigenvalue weighted by molar-refractivity contribution is 5.71.